The van der Waals surface area contributed by atoms with Crippen LogP contribution in [-0.2, 0) is 22.1 Å². The standard InChI is InChI=1S/C15H11F4NO4S/c16-9-2-3-10(13(6-9)25(23)24)11-5-8(15(17,18)19)1-4-12(11)20-7-14(21)22/h1-6,20H,7H2,(H,21,22)(H,23,24)/p-1. The summed E-state index contributed by atoms with van der Waals surface area (Å²) in [5, 5.41) is 11.1. The van der Waals surface area contributed by atoms with E-state index in [1.54, 1.807) is 0 Å². The number of anilines is 1. The van der Waals surface area contributed by atoms with Gasteiger partial charge < -0.3 is 15.0 Å². The van der Waals surface area contributed by atoms with Gasteiger partial charge in [0.2, 0.25) is 0 Å². The third-order valence-corrected chi connectivity index (χ3v) is 3.89. The smallest absolute Gasteiger partial charge is 0.416 e. The molecule has 2 aromatic rings. The van der Waals surface area contributed by atoms with Gasteiger partial charge in [-0.05, 0) is 47.0 Å². The Bertz CT molecular complexity index is 839. The van der Waals surface area contributed by atoms with Crippen LogP contribution in [0.1, 0.15) is 5.56 Å². The molecule has 0 heterocycles. The molecule has 0 radical (unpaired) electrons. The molecule has 0 aromatic heterocycles. The topological polar surface area (TPSA) is 89.5 Å². The maximum absolute atomic E-state index is 13.3. The van der Waals surface area contributed by atoms with Crippen LogP contribution in [0.3, 0.4) is 0 Å². The van der Waals surface area contributed by atoms with Crippen LogP contribution < -0.4 is 5.32 Å². The van der Waals surface area contributed by atoms with Gasteiger partial charge in [-0.25, -0.2) is 4.39 Å². The van der Waals surface area contributed by atoms with Crippen molar-refractivity contribution in [1.29, 1.82) is 0 Å². The summed E-state index contributed by atoms with van der Waals surface area (Å²) in [6, 6.07) is 4.97. The molecule has 0 aliphatic heterocycles. The number of hydrogen-bond donors (Lipinski definition) is 2. The van der Waals surface area contributed by atoms with E-state index in [1.165, 1.54) is 0 Å². The zero-order valence-electron chi connectivity index (χ0n) is 12.3. The number of benzene rings is 2. The fraction of sp³-hybridized carbons (Fsp3) is 0.133. The average molecular weight is 376 g/mol. The van der Waals surface area contributed by atoms with Gasteiger partial charge in [-0.3, -0.25) is 9.00 Å². The molecule has 0 fully saturated rings. The SMILES string of the molecule is O=C(O)CNc1ccc(C(F)(F)F)cc1-c1ccc(F)cc1S(=O)[O-]. The van der Waals surface area contributed by atoms with Gasteiger partial charge >= 0.3 is 12.1 Å². The lowest BCUT2D eigenvalue weighted by Crippen LogP contribution is -2.14. The Morgan fingerprint density at radius 2 is 1.84 bits per heavy atom. The van der Waals surface area contributed by atoms with Crippen molar-refractivity contribution in [3.05, 3.63) is 47.8 Å². The van der Waals surface area contributed by atoms with Crippen molar-refractivity contribution < 1.29 is 36.2 Å². The van der Waals surface area contributed by atoms with Gasteiger partial charge in [0.15, 0.2) is 0 Å². The van der Waals surface area contributed by atoms with Crippen LogP contribution in [-0.4, -0.2) is 26.4 Å². The molecule has 134 valence electrons. The second kappa shape index (κ2) is 7.19. The first-order chi connectivity index (χ1) is 11.6. The van der Waals surface area contributed by atoms with Gasteiger partial charge in [-0.1, -0.05) is 6.07 Å². The minimum absolute atomic E-state index is 0.0336. The number of alkyl halides is 3. The third kappa shape index (κ3) is 4.54. The zero-order valence-corrected chi connectivity index (χ0v) is 13.1. The van der Waals surface area contributed by atoms with Crippen molar-refractivity contribution in [2.75, 3.05) is 11.9 Å². The number of aliphatic carboxylic acids is 1. The van der Waals surface area contributed by atoms with E-state index in [2.05, 4.69) is 5.32 Å². The van der Waals surface area contributed by atoms with Crippen molar-refractivity contribution in [2.24, 2.45) is 0 Å². The normalized spacial score (nSPS) is 12.7. The molecule has 5 nitrogen and oxygen atoms in total. The molecule has 25 heavy (non-hydrogen) atoms. The minimum Gasteiger partial charge on any atom is -0.768 e. The highest BCUT2D eigenvalue weighted by Gasteiger charge is 2.31. The number of hydrogen-bond acceptors (Lipinski definition) is 4. The maximum Gasteiger partial charge on any atom is 0.416 e. The van der Waals surface area contributed by atoms with Crippen LogP contribution >= 0.6 is 0 Å². The molecule has 10 heteroatoms. The molecule has 0 spiro atoms. The molecule has 0 amide bonds. The summed E-state index contributed by atoms with van der Waals surface area (Å²) in [5.74, 6) is -2.15. The van der Waals surface area contributed by atoms with E-state index in [0.717, 1.165) is 24.3 Å². The van der Waals surface area contributed by atoms with Crippen LogP contribution in [0.5, 0.6) is 0 Å². The summed E-state index contributed by atoms with van der Waals surface area (Å²) < 4.78 is 74.8. The quantitative estimate of drug-likeness (QED) is 0.618. The van der Waals surface area contributed by atoms with Gasteiger partial charge in [0.25, 0.3) is 0 Å². The van der Waals surface area contributed by atoms with Gasteiger partial charge in [-0.2, -0.15) is 13.2 Å². The lowest BCUT2D eigenvalue weighted by molar-refractivity contribution is -0.137. The molecule has 2 N–H and O–H groups in total. The van der Waals surface area contributed by atoms with Crippen molar-refractivity contribution in [2.45, 2.75) is 11.1 Å². The lowest BCUT2D eigenvalue weighted by Gasteiger charge is -2.18. The van der Waals surface area contributed by atoms with E-state index in [9.17, 15) is 31.1 Å². The molecule has 1 atom stereocenters. The first-order valence-corrected chi connectivity index (χ1v) is 7.73. The van der Waals surface area contributed by atoms with E-state index >= 15 is 0 Å². The molecular formula is C15H10F4NO4S-. The first kappa shape index (κ1) is 18.9. The van der Waals surface area contributed by atoms with E-state index in [0.29, 0.717) is 12.1 Å². The average Bonchev–Trinajstić information content (AvgIpc) is 2.51. The van der Waals surface area contributed by atoms with Crippen LogP contribution in [0.2, 0.25) is 0 Å². The fourth-order valence-electron chi connectivity index (χ4n) is 2.12. The van der Waals surface area contributed by atoms with Gasteiger partial charge in [0.05, 0.1) is 5.56 Å². The zero-order chi connectivity index (χ0) is 18.8. The van der Waals surface area contributed by atoms with E-state index in [1.807, 2.05) is 0 Å². The Labute approximate surface area is 141 Å². The molecule has 0 saturated heterocycles. The summed E-state index contributed by atoms with van der Waals surface area (Å²) in [4.78, 5) is 10.1. The Morgan fingerprint density at radius 3 is 2.40 bits per heavy atom. The number of nitrogens with one attached hydrogen (secondary N) is 1. The van der Waals surface area contributed by atoms with Crippen LogP contribution in [0.25, 0.3) is 11.1 Å². The predicted octanol–water partition coefficient (Wildman–Crippen LogP) is 3.25. The Balaban J connectivity index is 2.68. The van der Waals surface area contributed by atoms with Gasteiger partial charge in [-0.15, -0.1) is 0 Å². The number of carbonyl (C=O) groups is 1. The largest absolute Gasteiger partial charge is 0.768 e. The fourth-order valence-corrected chi connectivity index (χ4v) is 2.69. The van der Waals surface area contributed by atoms with Crippen LogP contribution in [0.15, 0.2) is 41.3 Å². The summed E-state index contributed by atoms with van der Waals surface area (Å²) in [6.07, 6.45) is -4.70. The van der Waals surface area contributed by atoms with Crippen molar-refractivity contribution >= 4 is 22.7 Å². The van der Waals surface area contributed by atoms with Gasteiger partial charge in [0.1, 0.15) is 12.4 Å². The Hall–Kier alpha value is -2.46. The second-order valence-corrected chi connectivity index (χ2v) is 5.79. The highest BCUT2D eigenvalue weighted by Crippen LogP contribution is 2.38. The van der Waals surface area contributed by atoms with Crippen molar-refractivity contribution in [3.63, 3.8) is 0 Å². The first-order valence-electron chi connectivity index (χ1n) is 6.65. The lowest BCUT2D eigenvalue weighted by atomic mass is 10.00. The monoisotopic (exact) mass is 376 g/mol. The minimum atomic E-state index is -4.70. The molecule has 0 aliphatic carbocycles. The molecule has 1 unspecified atom stereocenters. The summed E-state index contributed by atoms with van der Waals surface area (Å²) >= 11 is -2.92. The number of rotatable bonds is 5. The number of carboxylic acid groups (broad SMARTS) is 1. The summed E-state index contributed by atoms with van der Waals surface area (Å²) in [5.41, 5.74) is -1.49. The van der Waals surface area contributed by atoms with Crippen molar-refractivity contribution in [3.8, 4) is 11.1 Å². The molecule has 2 aromatic carbocycles. The predicted molar refractivity (Wildman–Crippen MR) is 80.1 cm³/mol. The highest BCUT2D eigenvalue weighted by molar-refractivity contribution is 7.79. The summed E-state index contributed by atoms with van der Waals surface area (Å²) in [7, 11) is 0. The summed E-state index contributed by atoms with van der Waals surface area (Å²) in [6.45, 7) is -0.602. The Kier molecular flexibility index (Phi) is 5.43. The highest BCUT2D eigenvalue weighted by atomic mass is 32.2. The molecule has 2 rings (SSSR count). The van der Waals surface area contributed by atoms with Gasteiger partial charge in [0, 0.05) is 16.1 Å². The van der Waals surface area contributed by atoms with E-state index in [-0.39, 0.29) is 16.8 Å². The van der Waals surface area contributed by atoms with Crippen molar-refractivity contribution in [1.82, 2.24) is 0 Å². The van der Waals surface area contributed by atoms with E-state index in [4.69, 9.17) is 5.11 Å². The maximum atomic E-state index is 13.3. The number of halogens is 4. The Morgan fingerprint density at radius 1 is 1.16 bits per heavy atom. The van der Waals surface area contributed by atoms with Crippen LogP contribution in [0.4, 0.5) is 23.2 Å². The van der Waals surface area contributed by atoms with E-state index < -0.39 is 46.0 Å². The molecule has 0 aliphatic rings. The second-order valence-electron chi connectivity index (χ2n) is 4.88. The molecule has 0 bridgehead atoms. The molecular weight excluding hydrogens is 366 g/mol. The molecule has 0 saturated carbocycles. The number of carboxylic acids is 1. The van der Waals surface area contributed by atoms with Crippen LogP contribution in [0, 0.1) is 5.82 Å². The third-order valence-electron chi connectivity index (χ3n) is 3.19.